The fourth-order valence-corrected chi connectivity index (χ4v) is 5.69. The van der Waals surface area contributed by atoms with E-state index in [9.17, 15) is 19.2 Å². The second-order valence-corrected chi connectivity index (χ2v) is 11.4. The maximum atomic E-state index is 14.0. The Morgan fingerprint density at radius 2 is 1.92 bits per heavy atom. The van der Waals surface area contributed by atoms with E-state index in [2.05, 4.69) is 29.2 Å². The first-order chi connectivity index (χ1) is 18.3. The molecule has 0 spiro atoms. The lowest BCUT2D eigenvalue weighted by atomic mass is 10.1. The maximum Gasteiger partial charge on any atom is 0.340 e. The molecule has 1 atom stereocenters. The number of fused-ring (bicyclic) bond motifs is 1. The van der Waals surface area contributed by atoms with Crippen LogP contribution in [0.3, 0.4) is 0 Å². The SMILES string of the molecule is CC(C)CN(c1nc(C(=O)N(C(=O)c2cc3ccccc3n2C(=O)NN)[C@H](C=O)CC2CC2)cs1)C1CC1. The number of thiazole rings is 1. The number of nitrogens with two attached hydrogens (primary N) is 1. The van der Waals surface area contributed by atoms with Gasteiger partial charge in [-0.3, -0.25) is 24.5 Å². The molecular weight excluding hydrogens is 504 g/mol. The first kappa shape index (κ1) is 26.1. The first-order valence-electron chi connectivity index (χ1n) is 13.0. The molecule has 200 valence electrons. The number of hydrazine groups is 1. The molecule has 2 heterocycles. The number of anilines is 1. The zero-order valence-electron chi connectivity index (χ0n) is 21.5. The lowest BCUT2D eigenvalue weighted by Gasteiger charge is -2.26. The Morgan fingerprint density at radius 1 is 1.18 bits per heavy atom. The van der Waals surface area contributed by atoms with Crippen molar-refractivity contribution in [1.29, 1.82) is 0 Å². The fraction of sp³-hybridized carbons (Fsp3) is 0.444. The molecule has 0 aliphatic heterocycles. The van der Waals surface area contributed by atoms with Crippen molar-refractivity contribution in [3.8, 4) is 0 Å². The molecule has 3 amide bonds. The summed E-state index contributed by atoms with van der Waals surface area (Å²) in [7, 11) is 0. The number of aromatic nitrogens is 2. The van der Waals surface area contributed by atoms with E-state index in [-0.39, 0.29) is 17.3 Å². The van der Waals surface area contributed by atoms with E-state index in [4.69, 9.17) is 5.84 Å². The molecule has 38 heavy (non-hydrogen) atoms. The first-order valence-corrected chi connectivity index (χ1v) is 13.9. The highest BCUT2D eigenvalue weighted by molar-refractivity contribution is 7.14. The fourth-order valence-electron chi connectivity index (χ4n) is 4.81. The predicted octanol–water partition coefficient (Wildman–Crippen LogP) is 3.80. The van der Waals surface area contributed by atoms with Gasteiger partial charge in [0, 0.05) is 23.4 Å². The average molecular weight is 537 g/mol. The summed E-state index contributed by atoms with van der Waals surface area (Å²) < 4.78 is 1.14. The lowest BCUT2D eigenvalue weighted by molar-refractivity contribution is -0.111. The van der Waals surface area contributed by atoms with Crippen molar-refractivity contribution in [3.63, 3.8) is 0 Å². The largest absolute Gasteiger partial charge is 0.345 e. The number of nitrogen functional groups attached to an aromatic ring is 1. The molecule has 3 N–H and O–H groups in total. The van der Waals surface area contributed by atoms with Crippen molar-refractivity contribution >= 4 is 51.5 Å². The van der Waals surface area contributed by atoms with Crippen LogP contribution in [0.4, 0.5) is 9.93 Å². The predicted molar refractivity (Wildman–Crippen MR) is 145 cm³/mol. The Kier molecular flexibility index (Phi) is 7.31. The summed E-state index contributed by atoms with van der Waals surface area (Å²) in [6.07, 6.45) is 5.09. The third-order valence-corrected chi connectivity index (χ3v) is 7.84. The van der Waals surface area contributed by atoms with E-state index in [1.807, 2.05) is 0 Å². The Morgan fingerprint density at radius 3 is 2.55 bits per heavy atom. The minimum absolute atomic E-state index is 0.0555. The van der Waals surface area contributed by atoms with Gasteiger partial charge in [-0.1, -0.05) is 44.9 Å². The number of nitrogens with zero attached hydrogens (tertiary/aromatic N) is 4. The smallest absolute Gasteiger partial charge is 0.340 e. The van der Waals surface area contributed by atoms with Gasteiger partial charge in [0.25, 0.3) is 11.8 Å². The Bertz CT molecular complexity index is 1370. The van der Waals surface area contributed by atoms with Crippen molar-refractivity contribution in [1.82, 2.24) is 19.9 Å². The quantitative estimate of drug-likeness (QED) is 0.132. The van der Waals surface area contributed by atoms with Crippen LogP contribution in [0.15, 0.2) is 35.7 Å². The zero-order valence-corrected chi connectivity index (χ0v) is 22.3. The van der Waals surface area contributed by atoms with Crippen molar-refractivity contribution in [2.45, 2.75) is 58.0 Å². The summed E-state index contributed by atoms with van der Waals surface area (Å²) in [5.74, 6) is 4.72. The van der Waals surface area contributed by atoms with Gasteiger partial charge in [0.05, 0.1) is 11.6 Å². The molecule has 3 aromatic rings. The summed E-state index contributed by atoms with van der Waals surface area (Å²) in [4.78, 5) is 60.8. The van der Waals surface area contributed by atoms with Gasteiger partial charge in [0.2, 0.25) is 0 Å². The zero-order chi connectivity index (χ0) is 27.0. The number of hydrogen-bond donors (Lipinski definition) is 2. The van der Waals surface area contributed by atoms with E-state index in [1.165, 1.54) is 17.4 Å². The number of rotatable bonds is 10. The van der Waals surface area contributed by atoms with Crippen LogP contribution in [0, 0.1) is 11.8 Å². The second kappa shape index (κ2) is 10.7. The number of hydrogen-bond acceptors (Lipinski definition) is 8. The number of amides is 3. The van der Waals surface area contributed by atoms with Crippen molar-refractivity contribution in [2.24, 2.45) is 17.7 Å². The van der Waals surface area contributed by atoms with Gasteiger partial charge < -0.3 is 9.69 Å². The van der Waals surface area contributed by atoms with Crippen LogP contribution in [-0.4, -0.2) is 57.2 Å². The molecule has 0 unspecified atom stereocenters. The van der Waals surface area contributed by atoms with Gasteiger partial charge in [-0.25, -0.2) is 15.6 Å². The molecule has 2 saturated carbocycles. The van der Waals surface area contributed by atoms with Crippen LogP contribution in [0.2, 0.25) is 0 Å². The van der Waals surface area contributed by atoms with Crippen molar-refractivity contribution in [3.05, 3.63) is 47.1 Å². The number of carbonyl (C=O) groups is 4. The molecule has 2 aliphatic rings. The third kappa shape index (κ3) is 5.21. The van der Waals surface area contributed by atoms with Crippen LogP contribution in [0.25, 0.3) is 10.9 Å². The number of para-hydroxylation sites is 1. The third-order valence-electron chi connectivity index (χ3n) is 6.96. The highest BCUT2D eigenvalue weighted by Crippen LogP contribution is 2.36. The monoisotopic (exact) mass is 536 g/mol. The van der Waals surface area contributed by atoms with Crippen LogP contribution >= 0.6 is 11.3 Å². The van der Waals surface area contributed by atoms with E-state index in [0.29, 0.717) is 35.6 Å². The number of carbonyl (C=O) groups excluding carboxylic acids is 4. The lowest BCUT2D eigenvalue weighted by Crippen LogP contribution is -2.47. The normalized spacial score (nSPS) is 15.9. The van der Waals surface area contributed by atoms with Gasteiger partial charge in [-0.05, 0) is 43.2 Å². The minimum atomic E-state index is -0.977. The number of benzene rings is 1. The molecule has 11 heteroatoms. The maximum absolute atomic E-state index is 14.0. The Hall–Kier alpha value is -3.57. The average Bonchev–Trinajstić information content (AvgIpc) is 3.83. The summed E-state index contributed by atoms with van der Waals surface area (Å²) in [6.45, 7) is 5.10. The summed E-state index contributed by atoms with van der Waals surface area (Å²) >= 11 is 1.36. The van der Waals surface area contributed by atoms with E-state index in [0.717, 1.165) is 46.8 Å². The summed E-state index contributed by atoms with van der Waals surface area (Å²) in [5.41, 5.74) is 2.59. The van der Waals surface area contributed by atoms with Gasteiger partial charge >= 0.3 is 6.03 Å². The number of imide groups is 1. The topological polar surface area (TPSA) is 131 Å². The van der Waals surface area contributed by atoms with Crippen molar-refractivity contribution < 1.29 is 19.2 Å². The highest BCUT2D eigenvalue weighted by Gasteiger charge is 2.39. The molecular formula is C27H32N6O4S. The standard InChI is InChI=1S/C27H32N6O4S/c1-16(2)13-31(19-9-10-19)27-29-21(15-38-27)24(35)32(20(14-34)11-17-7-8-17)25(36)23-12-18-5-3-4-6-22(18)33(23)26(37)30-28/h3-6,12,14-17,19-20H,7-11,13,28H2,1-2H3,(H,30,37)/t20-/m0/s1. The molecule has 2 aliphatic carbocycles. The van der Waals surface area contributed by atoms with E-state index >= 15 is 0 Å². The van der Waals surface area contributed by atoms with Crippen LogP contribution in [-0.2, 0) is 4.79 Å². The van der Waals surface area contributed by atoms with Crippen LogP contribution in [0.5, 0.6) is 0 Å². The molecule has 0 bridgehead atoms. The molecule has 0 saturated heterocycles. The summed E-state index contributed by atoms with van der Waals surface area (Å²) in [6, 6.07) is 7.21. The molecule has 5 rings (SSSR count). The van der Waals surface area contributed by atoms with Crippen LogP contribution < -0.4 is 16.2 Å². The Balaban J connectivity index is 1.54. The highest BCUT2D eigenvalue weighted by atomic mass is 32.1. The van der Waals surface area contributed by atoms with Gasteiger partial charge in [0.1, 0.15) is 17.7 Å². The molecule has 10 nitrogen and oxygen atoms in total. The van der Waals surface area contributed by atoms with E-state index in [1.54, 1.807) is 29.6 Å². The van der Waals surface area contributed by atoms with Crippen LogP contribution in [0.1, 0.15) is 66.9 Å². The molecule has 2 fully saturated rings. The van der Waals surface area contributed by atoms with E-state index < -0.39 is 23.9 Å². The Labute approximate surface area is 224 Å². The van der Waals surface area contributed by atoms with Gasteiger partial charge in [-0.2, -0.15) is 0 Å². The van der Waals surface area contributed by atoms with Crippen molar-refractivity contribution in [2.75, 3.05) is 11.4 Å². The van der Waals surface area contributed by atoms with Gasteiger partial charge in [-0.15, -0.1) is 11.3 Å². The molecule has 0 radical (unpaired) electrons. The molecule has 1 aromatic carbocycles. The summed E-state index contributed by atoms with van der Waals surface area (Å²) in [5, 5.41) is 3.01. The molecule has 2 aromatic heterocycles. The number of aldehydes is 1. The number of nitrogens with one attached hydrogen (secondary N) is 1. The van der Waals surface area contributed by atoms with Gasteiger partial charge in [0.15, 0.2) is 5.13 Å². The minimum Gasteiger partial charge on any atom is -0.345 e. The second-order valence-electron chi connectivity index (χ2n) is 10.5.